The minimum absolute atomic E-state index is 0.0691. The molecular formula is C28H36N6O3. The zero-order valence-electron chi connectivity index (χ0n) is 22.2. The number of hydrogen-bond donors (Lipinski definition) is 3. The van der Waals surface area contributed by atoms with E-state index in [-0.39, 0.29) is 23.4 Å². The molecule has 2 heterocycles. The van der Waals surface area contributed by atoms with Gasteiger partial charge >= 0.3 is 0 Å². The molecule has 37 heavy (non-hydrogen) atoms. The molecule has 0 saturated carbocycles. The van der Waals surface area contributed by atoms with Crippen molar-refractivity contribution < 1.29 is 14.4 Å². The highest BCUT2D eigenvalue weighted by Gasteiger charge is 2.35. The second kappa shape index (κ2) is 10.6. The van der Waals surface area contributed by atoms with E-state index < -0.39 is 17.4 Å². The summed E-state index contributed by atoms with van der Waals surface area (Å²) in [6.07, 6.45) is 0.421. The van der Waals surface area contributed by atoms with Crippen LogP contribution in [-0.4, -0.2) is 65.6 Å². The smallest absolute Gasteiger partial charge is 0.273 e. The Morgan fingerprint density at radius 2 is 1.81 bits per heavy atom. The van der Waals surface area contributed by atoms with Gasteiger partial charge < -0.3 is 20.9 Å². The molecule has 2 unspecified atom stereocenters. The highest BCUT2D eigenvalue weighted by molar-refractivity contribution is 6.06. The molecule has 3 N–H and O–H groups in total. The molecule has 3 aromatic rings. The molecule has 1 aliphatic rings. The Balaban J connectivity index is 1.52. The van der Waals surface area contributed by atoms with Crippen molar-refractivity contribution in [2.75, 3.05) is 32.5 Å². The average molecular weight is 505 g/mol. The van der Waals surface area contributed by atoms with Crippen LogP contribution in [0.5, 0.6) is 0 Å². The van der Waals surface area contributed by atoms with Crippen molar-refractivity contribution in [3.63, 3.8) is 0 Å². The van der Waals surface area contributed by atoms with Crippen LogP contribution in [0.25, 0.3) is 10.9 Å². The number of aromatic nitrogens is 2. The van der Waals surface area contributed by atoms with Gasteiger partial charge in [-0.3, -0.25) is 19.1 Å². The van der Waals surface area contributed by atoms with E-state index in [2.05, 4.69) is 21.0 Å². The second-order valence-electron chi connectivity index (χ2n) is 10.8. The summed E-state index contributed by atoms with van der Waals surface area (Å²) in [5, 5.41) is 14.4. The van der Waals surface area contributed by atoms with Crippen LogP contribution in [0.2, 0.25) is 0 Å². The van der Waals surface area contributed by atoms with E-state index in [1.165, 1.54) is 0 Å². The van der Waals surface area contributed by atoms with Gasteiger partial charge in [0.2, 0.25) is 11.8 Å². The summed E-state index contributed by atoms with van der Waals surface area (Å²) in [7, 11) is 3.64. The number of nitrogens with one attached hydrogen (secondary N) is 3. The maximum Gasteiger partial charge on any atom is 0.273 e. The lowest BCUT2D eigenvalue weighted by atomic mass is 9.86. The van der Waals surface area contributed by atoms with Crippen molar-refractivity contribution in [1.82, 2.24) is 25.3 Å². The van der Waals surface area contributed by atoms with E-state index in [9.17, 15) is 14.4 Å². The maximum atomic E-state index is 13.5. The second-order valence-corrected chi connectivity index (χ2v) is 10.8. The maximum absolute atomic E-state index is 13.5. The number of para-hydroxylation sites is 1. The minimum atomic E-state index is -0.771. The SMILES string of the molecule is CNc1ccc(Cn2nc(C(=O)NC(C(=O)NCC3CC(=O)N(C)C3)C(C)(C)C)c3ccccc32)cc1. The van der Waals surface area contributed by atoms with Gasteiger partial charge in [-0.1, -0.05) is 51.1 Å². The molecule has 3 amide bonds. The number of likely N-dealkylation sites (tertiary alicyclic amines) is 1. The molecule has 1 saturated heterocycles. The highest BCUT2D eigenvalue weighted by atomic mass is 16.2. The van der Waals surface area contributed by atoms with Gasteiger partial charge in [-0.25, -0.2) is 0 Å². The van der Waals surface area contributed by atoms with Crippen LogP contribution in [0, 0.1) is 11.3 Å². The number of anilines is 1. The average Bonchev–Trinajstić information content (AvgIpc) is 3.39. The third kappa shape index (κ3) is 5.93. The number of benzene rings is 2. The van der Waals surface area contributed by atoms with E-state index in [0.29, 0.717) is 26.1 Å². The molecule has 196 valence electrons. The highest BCUT2D eigenvalue weighted by Crippen LogP contribution is 2.24. The summed E-state index contributed by atoms with van der Waals surface area (Å²) in [6.45, 7) is 7.26. The van der Waals surface area contributed by atoms with E-state index in [1.54, 1.807) is 11.9 Å². The Bertz CT molecular complexity index is 1290. The number of amides is 3. The Hall–Kier alpha value is -3.88. The van der Waals surface area contributed by atoms with Gasteiger partial charge in [-0.05, 0) is 29.2 Å². The largest absolute Gasteiger partial charge is 0.388 e. The third-order valence-corrected chi connectivity index (χ3v) is 6.84. The zero-order valence-corrected chi connectivity index (χ0v) is 22.2. The Morgan fingerprint density at radius 3 is 2.43 bits per heavy atom. The Labute approximate surface area is 217 Å². The van der Waals surface area contributed by atoms with E-state index in [1.807, 2.05) is 81.0 Å². The van der Waals surface area contributed by atoms with Gasteiger partial charge in [0.25, 0.3) is 5.91 Å². The quantitative estimate of drug-likeness (QED) is 0.437. The summed E-state index contributed by atoms with van der Waals surface area (Å²) < 4.78 is 1.82. The zero-order chi connectivity index (χ0) is 26.7. The van der Waals surface area contributed by atoms with Crippen LogP contribution in [-0.2, 0) is 16.1 Å². The number of rotatable bonds is 8. The van der Waals surface area contributed by atoms with Gasteiger partial charge in [0.15, 0.2) is 5.69 Å². The number of hydrogen-bond acceptors (Lipinski definition) is 5. The van der Waals surface area contributed by atoms with Gasteiger partial charge in [0, 0.05) is 50.6 Å². The third-order valence-electron chi connectivity index (χ3n) is 6.84. The molecule has 0 bridgehead atoms. The molecule has 0 radical (unpaired) electrons. The summed E-state index contributed by atoms with van der Waals surface area (Å²) in [4.78, 5) is 40.2. The fraction of sp³-hybridized carbons (Fsp3) is 0.429. The van der Waals surface area contributed by atoms with Crippen molar-refractivity contribution in [2.24, 2.45) is 11.3 Å². The molecule has 9 nitrogen and oxygen atoms in total. The van der Waals surface area contributed by atoms with E-state index in [0.717, 1.165) is 22.2 Å². The van der Waals surface area contributed by atoms with Crippen molar-refractivity contribution in [2.45, 2.75) is 39.8 Å². The van der Waals surface area contributed by atoms with Crippen molar-refractivity contribution in [3.8, 4) is 0 Å². The van der Waals surface area contributed by atoms with Crippen molar-refractivity contribution in [1.29, 1.82) is 0 Å². The first-order valence-electron chi connectivity index (χ1n) is 12.6. The Morgan fingerprint density at radius 1 is 1.11 bits per heavy atom. The van der Waals surface area contributed by atoms with Crippen molar-refractivity contribution in [3.05, 3.63) is 59.8 Å². The summed E-state index contributed by atoms with van der Waals surface area (Å²) >= 11 is 0. The predicted molar refractivity (Wildman–Crippen MR) is 144 cm³/mol. The first kappa shape index (κ1) is 26.2. The van der Waals surface area contributed by atoms with Gasteiger partial charge in [0.05, 0.1) is 12.1 Å². The molecule has 9 heteroatoms. The van der Waals surface area contributed by atoms with Crippen LogP contribution in [0.4, 0.5) is 5.69 Å². The molecule has 0 spiro atoms. The van der Waals surface area contributed by atoms with Gasteiger partial charge in [-0.15, -0.1) is 0 Å². The van der Waals surface area contributed by atoms with Crippen LogP contribution in [0.1, 0.15) is 43.2 Å². The minimum Gasteiger partial charge on any atom is -0.388 e. The summed E-state index contributed by atoms with van der Waals surface area (Å²) in [5.41, 5.74) is 2.68. The fourth-order valence-electron chi connectivity index (χ4n) is 4.68. The lowest BCUT2D eigenvalue weighted by Crippen LogP contribution is -2.54. The normalized spacial score (nSPS) is 16.6. The standard InChI is InChI=1S/C28H36N6O3/c1-28(2,3)25(27(37)30-15-19-14-23(35)33(5)16-19)31-26(36)24-21-8-6-7-9-22(21)34(32-24)17-18-10-12-20(29-4)13-11-18/h6-13,19,25,29H,14-17H2,1-5H3,(H,30,37)(H,31,36). The monoisotopic (exact) mass is 504 g/mol. The van der Waals surface area contributed by atoms with Crippen LogP contribution < -0.4 is 16.0 Å². The molecule has 1 aliphatic heterocycles. The molecule has 4 rings (SSSR count). The number of fused-ring (bicyclic) bond motifs is 1. The first-order chi connectivity index (χ1) is 17.6. The first-order valence-corrected chi connectivity index (χ1v) is 12.6. The summed E-state index contributed by atoms with van der Waals surface area (Å²) in [5.74, 6) is -0.512. The van der Waals surface area contributed by atoms with Crippen LogP contribution >= 0.6 is 0 Å². The lowest BCUT2D eigenvalue weighted by Gasteiger charge is -2.30. The van der Waals surface area contributed by atoms with Crippen LogP contribution in [0.3, 0.4) is 0 Å². The molecule has 1 aromatic heterocycles. The van der Waals surface area contributed by atoms with Gasteiger partial charge in [0.1, 0.15) is 6.04 Å². The number of nitrogens with zero attached hydrogens (tertiary/aromatic N) is 3. The Kier molecular flexibility index (Phi) is 7.52. The lowest BCUT2D eigenvalue weighted by molar-refractivity contribution is -0.127. The summed E-state index contributed by atoms with van der Waals surface area (Å²) in [6, 6.07) is 14.9. The van der Waals surface area contributed by atoms with E-state index >= 15 is 0 Å². The fourth-order valence-corrected chi connectivity index (χ4v) is 4.68. The molecule has 2 aromatic carbocycles. The molecule has 0 aliphatic carbocycles. The van der Waals surface area contributed by atoms with Gasteiger partial charge in [-0.2, -0.15) is 5.10 Å². The molecule has 1 fully saturated rings. The van der Waals surface area contributed by atoms with E-state index in [4.69, 9.17) is 0 Å². The number of carbonyl (C=O) groups excluding carboxylic acids is 3. The van der Waals surface area contributed by atoms with Crippen LogP contribution in [0.15, 0.2) is 48.5 Å². The molecule has 2 atom stereocenters. The molecular weight excluding hydrogens is 468 g/mol. The van der Waals surface area contributed by atoms with Crippen molar-refractivity contribution >= 4 is 34.3 Å². The predicted octanol–water partition coefficient (Wildman–Crippen LogP) is 2.87. The topological polar surface area (TPSA) is 108 Å². The number of carbonyl (C=O) groups is 3.